The molecular formula is C7H11ClMgNNaO2S. The van der Waals surface area contributed by atoms with Crippen LogP contribution in [0.5, 0.6) is 0 Å². The van der Waals surface area contributed by atoms with Gasteiger partial charge in [0.25, 0.3) is 10.0 Å². The number of aryl methyl sites for hydroxylation is 1. The molecule has 1 rings (SSSR count). The van der Waals surface area contributed by atoms with Crippen molar-refractivity contribution in [3.63, 3.8) is 0 Å². The molecule has 0 radical (unpaired) electrons. The van der Waals surface area contributed by atoms with Crippen molar-refractivity contribution >= 4 is 74.4 Å². The van der Waals surface area contributed by atoms with Gasteiger partial charge in [-0.05, 0) is 30.8 Å². The average molecular weight is 256 g/mol. The third kappa shape index (κ3) is 4.81. The standard InChI is InChI=1S/C7H8ClNO2S.Mg.Na.3H/c1-6-2-4-7(5-3-6)12(10,11)9-8;;;;;/h2-5,9H,1H3;;;;;. The van der Waals surface area contributed by atoms with Crippen LogP contribution in [0.1, 0.15) is 5.56 Å². The summed E-state index contributed by atoms with van der Waals surface area (Å²) in [5.74, 6) is 0. The van der Waals surface area contributed by atoms with E-state index in [1.807, 2.05) is 6.92 Å². The van der Waals surface area contributed by atoms with Crippen molar-refractivity contribution < 1.29 is 8.42 Å². The van der Waals surface area contributed by atoms with E-state index in [0.717, 1.165) is 5.56 Å². The van der Waals surface area contributed by atoms with Gasteiger partial charge in [0.05, 0.1) is 4.90 Å². The van der Waals surface area contributed by atoms with Gasteiger partial charge in [0.2, 0.25) is 0 Å². The molecule has 72 valence electrons. The van der Waals surface area contributed by atoms with Crippen molar-refractivity contribution in [3.8, 4) is 0 Å². The first-order valence-corrected chi connectivity index (χ1v) is 5.11. The van der Waals surface area contributed by atoms with E-state index in [1.165, 1.54) is 12.1 Å². The van der Waals surface area contributed by atoms with Gasteiger partial charge in [-0.1, -0.05) is 17.7 Å². The zero-order valence-corrected chi connectivity index (χ0v) is 7.98. The molecule has 0 saturated heterocycles. The molecule has 14 heavy (non-hydrogen) atoms. The molecule has 0 saturated carbocycles. The van der Waals surface area contributed by atoms with Gasteiger partial charge < -0.3 is 0 Å². The fourth-order valence-corrected chi connectivity index (χ4v) is 1.61. The SMILES string of the molecule is Cc1ccc(S(=O)(=O)NCl)cc1.[MgH2].[NaH]. The predicted molar refractivity (Wildman–Crippen MR) is 63.0 cm³/mol. The molecule has 7 heteroatoms. The molecule has 0 aromatic heterocycles. The van der Waals surface area contributed by atoms with Crippen LogP contribution in [0.3, 0.4) is 0 Å². The maximum absolute atomic E-state index is 11.1. The van der Waals surface area contributed by atoms with Crippen LogP contribution in [-0.2, 0) is 10.0 Å². The molecule has 0 spiro atoms. The maximum atomic E-state index is 11.1. The molecule has 1 aromatic rings. The fraction of sp³-hybridized carbons (Fsp3) is 0.143. The van der Waals surface area contributed by atoms with E-state index in [2.05, 4.69) is 0 Å². The summed E-state index contributed by atoms with van der Waals surface area (Å²) in [5.41, 5.74) is 1.00. The van der Waals surface area contributed by atoms with Crippen molar-refractivity contribution in [3.05, 3.63) is 29.8 Å². The van der Waals surface area contributed by atoms with Crippen molar-refractivity contribution in [2.45, 2.75) is 11.8 Å². The van der Waals surface area contributed by atoms with Gasteiger partial charge in [-0.15, -0.1) is 4.24 Å². The number of hydrogen-bond donors (Lipinski definition) is 1. The molecule has 0 heterocycles. The van der Waals surface area contributed by atoms with Crippen molar-refractivity contribution in [2.75, 3.05) is 0 Å². The van der Waals surface area contributed by atoms with Gasteiger partial charge in [0, 0.05) is 0 Å². The molecule has 1 aromatic carbocycles. The zero-order valence-electron chi connectivity index (χ0n) is 6.41. The second-order valence-electron chi connectivity index (χ2n) is 2.39. The Morgan fingerprint density at radius 2 is 1.64 bits per heavy atom. The summed E-state index contributed by atoms with van der Waals surface area (Å²) in [4.78, 5) is 0.170. The van der Waals surface area contributed by atoms with Crippen LogP contribution < -0.4 is 4.24 Å². The number of nitrogens with one attached hydrogen (secondary N) is 1. The molecule has 0 amide bonds. The van der Waals surface area contributed by atoms with Crippen molar-refractivity contribution in [1.29, 1.82) is 0 Å². The third-order valence-electron chi connectivity index (χ3n) is 1.43. The quantitative estimate of drug-likeness (QED) is 0.591. The molecule has 0 atom stereocenters. The van der Waals surface area contributed by atoms with Gasteiger partial charge in [-0.25, -0.2) is 8.42 Å². The Balaban J connectivity index is 0. The van der Waals surface area contributed by atoms with Crippen LogP contribution in [0.4, 0.5) is 0 Å². The van der Waals surface area contributed by atoms with Gasteiger partial charge in [0.15, 0.2) is 0 Å². The molecule has 0 aliphatic heterocycles. The van der Waals surface area contributed by atoms with Crippen LogP contribution in [0, 0.1) is 6.92 Å². The summed E-state index contributed by atoms with van der Waals surface area (Å²) in [6.45, 7) is 1.88. The summed E-state index contributed by atoms with van der Waals surface area (Å²) in [6.07, 6.45) is 0. The van der Waals surface area contributed by atoms with Crippen molar-refractivity contribution in [2.24, 2.45) is 0 Å². The molecular weight excluding hydrogens is 245 g/mol. The molecule has 1 N–H and O–H groups in total. The minimum atomic E-state index is -3.50. The van der Waals surface area contributed by atoms with E-state index in [-0.39, 0.29) is 57.5 Å². The second kappa shape index (κ2) is 7.46. The Bertz CT molecular complexity index is 368. The normalized spacial score (nSPS) is 9.86. The predicted octanol–water partition coefficient (Wildman–Crippen LogP) is -0.138. The van der Waals surface area contributed by atoms with Crippen LogP contribution in [0.25, 0.3) is 0 Å². The minimum absolute atomic E-state index is 0. The Labute approximate surface area is 127 Å². The second-order valence-corrected chi connectivity index (χ2v) is 4.49. The Hall–Kier alpha value is 1.19. The van der Waals surface area contributed by atoms with Crippen LogP contribution in [0.2, 0.25) is 0 Å². The first kappa shape index (κ1) is 17.6. The molecule has 0 aliphatic carbocycles. The number of halogens is 1. The van der Waals surface area contributed by atoms with E-state index in [4.69, 9.17) is 11.8 Å². The fourth-order valence-electron chi connectivity index (χ4n) is 0.762. The first-order valence-electron chi connectivity index (χ1n) is 3.25. The number of rotatable bonds is 2. The van der Waals surface area contributed by atoms with Gasteiger partial charge in [0.1, 0.15) is 0 Å². The molecule has 0 aliphatic rings. The number of benzene rings is 1. The zero-order chi connectivity index (χ0) is 9.19. The van der Waals surface area contributed by atoms with E-state index >= 15 is 0 Å². The van der Waals surface area contributed by atoms with Gasteiger partial charge >= 0.3 is 52.6 Å². The Morgan fingerprint density at radius 3 is 2.00 bits per heavy atom. The third-order valence-corrected chi connectivity index (χ3v) is 3.14. The molecule has 0 fully saturated rings. The van der Waals surface area contributed by atoms with Gasteiger partial charge in [-0.3, -0.25) is 0 Å². The van der Waals surface area contributed by atoms with Gasteiger partial charge in [-0.2, -0.15) is 0 Å². The van der Waals surface area contributed by atoms with Crippen molar-refractivity contribution in [1.82, 2.24) is 4.24 Å². The summed E-state index contributed by atoms with van der Waals surface area (Å²) in [7, 11) is -3.50. The molecule has 0 bridgehead atoms. The van der Waals surface area contributed by atoms with E-state index < -0.39 is 10.0 Å². The van der Waals surface area contributed by atoms with Crippen LogP contribution in [0.15, 0.2) is 29.2 Å². The first-order chi connectivity index (χ1) is 5.56. The van der Waals surface area contributed by atoms with E-state index in [9.17, 15) is 8.42 Å². The Kier molecular flexibility index (Phi) is 9.36. The number of sulfonamides is 1. The number of hydrogen-bond acceptors (Lipinski definition) is 2. The van der Waals surface area contributed by atoms with E-state index in [1.54, 1.807) is 16.4 Å². The summed E-state index contributed by atoms with van der Waals surface area (Å²) in [5, 5.41) is 0. The topological polar surface area (TPSA) is 46.2 Å². The van der Waals surface area contributed by atoms with Crippen LogP contribution in [-0.4, -0.2) is 61.0 Å². The van der Waals surface area contributed by atoms with E-state index in [0.29, 0.717) is 0 Å². The summed E-state index contributed by atoms with van der Waals surface area (Å²) in [6, 6.07) is 6.42. The summed E-state index contributed by atoms with van der Waals surface area (Å²) < 4.78 is 23.9. The average Bonchev–Trinajstić information content (AvgIpc) is 2.05. The monoisotopic (exact) mass is 255 g/mol. The molecule has 0 unspecified atom stereocenters. The summed E-state index contributed by atoms with van der Waals surface area (Å²) >= 11 is 5.03. The van der Waals surface area contributed by atoms with Crippen LogP contribution >= 0.6 is 11.8 Å². The molecule has 3 nitrogen and oxygen atoms in total. The Morgan fingerprint density at radius 1 is 1.21 bits per heavy atom.